The number of pyridine rings is 1. The van der Waals surface area contributed by atoms with E-state index in [1.54, 1.807) is 0 Å². The maximum atomic E-state index is 9.10. The van der Waals surface area contributed by atoms with Crippen molar-refractivity contribution in [3.63, 3.8) is 0 Å². The fraction of sp³-hybridized carbons (Fsp3) is 0.458. The van der Waals surface area contributed by atoms with Crippen LogP contribution in [-0.4, -0.2) is 80.4 Å². The number of carbonyl (C=O) groups is 4. The summed E-state index contributed by atoms with van der Waals surface area (Å²) >= 11 is 0. The summed E-state index contributed by atoms with van der Waals surface area (Å²) in [5.74, 6) is -6.30. The van der Waals surface area contributed by atoms with Crippen molar-refractivity contribution in [3.8, 4) is 0 Å². The van der Waals surface area contributed by atoms with Gasteiger partial charge in [0, 0.05) is 11.9 Å². The van der Waals surface area contributed by atoms with Gasteiger partial charge in [-0.1, -0.05) is 37.5 Å². The van der Waals surface area contributed by atoms with E-state index in [-0.39, 0.29) is 0 Å². The summed E-state index contributed by atoms with van der Waals surface area (Å²) in [6.45, 7) is 4.99. The van der Waals surface area contributed by atoms with Crippen LogP contribution in [-0.2, 0) is 19.2 Å². The van der Waals surface area contributed by atoms with E-state index in [9.17, 15) is 0 Å². The maximum absolute atomic E-state index is 9.10. The van der Waals surface area contributed by atoms with Gasteiger partial charge in [0.15, 0.2) is 0 Å². The molecule has 1 aliphatic rings. The number of hydrogen-bond donors (Lipinski definition) is 5. The number of nitrogens with one attached hydrogen (secondary N) is 1. The Kier molecular flexibility index (Phi) is 14.1. The number of carboxylic acid groups (broad SMARTS) is 4. The zero-order valence-corrected chi connectivity index (χ0v) is 19.6. The normalized spacial score (nSPS) is 12.9. The fourth-order valence-electron chi connectivity index (χ4n) is 3.38. The van der Waals surface area contributed by atoms with Crippen molar-refractivity contribution in [1.29, 1.82) is 0 Å². The van der Waals surface area contributed by atoms with Crippen molar-refractivity contribution in [2.75, 3.05) is 31.5 Å². The first-order chi connectivity index (χ1) is 16.7. The van der Waals surface area contributed by atoms with E-state index in [2.05, 4.69) is 45.5 Å². The molecule has 0 saturated carbocycles. The average molecular weight is 492 g/mol. The first kappa shape index (κ1) is 29.3. The van der Waals surface area contributed by atoms with Gasteiger partial charge in [-0.3, -0.25) is 0 Å². The number of aromatic nitrogens is 1. The van der Waals surface area contributed by atoms with Gasteiger partial charge in [0.1, 0.15) is 5.82 Å². The number of likely N-dealkylation sites (tertiary alicyclic amines) is 1. The molecule has 0 atom stereocenters. The van der Waals surface area contributed by atoms with Gasteiger partial charge >= 0.3 is 23.9 Å². The van der Waals surface area contributed by atoms with Crippen molar-refractivity contribution in [2.45, 2.75) is 44.9 Å². The lowest BCUT2D eigenvalue weighted by atomic mass is 10.1. The number of benzene rings is 1. The molecule has 1 saturated heterocycles. The van der Waals surface area contributed by atoms with Gasteiger partial charge in [-0.15, -0.1) is 0 Å². The number of anilines is 1. The van der Waals surface area contributed by atoms with Gasteiger partial charge in [-0.05, 0) is 63.5 Å². The van der Waals surface area contributed by atoms with Gasteiger partial charge in [0.05, 0.1) is 5.52 Å². The van der Waals surface area contributed by atoms with Crippen molar-refractivity contribution in [2.24, 2.45) is 0 Å². The van der Waals surface area contributed by atoms with E-state index < -0.39 is 23.9 Å². The predicted octanol–water partition coefficient (Wildman–Crippen LogP) is 3.00. The number of carboxylic acids is 4. The van der Waals surface area contributed by atoms with Crippen LogP contribution in [0, 0.1) is 0 Å². The van der Waals surface area contributed by atoms with Crippen LogP contribution in [0.5, 0.6) is 0 Å². The largest absolute Gasteiger partial charge is 0.473 e. The second-order valence-corrected chi connectivity index (χ2v) is 7.85. The maximum Gasteiger partial charge on any atom is 0.414 e. The topological polar surface area (TPSA) is 177 Å². The van der Waals surface area contributed by atoms with E-state index in [0.717, 1.165) is 17.9 Å². The number of para-hydroxylation sites is 1. The van der Waals surface area contributed by atoms with Crippen LogP contribution in [0.2, 0.25) is 0 Å². The number of nitrogens with zero attached hydrogens (tertiary/aromatic N) is 2. The summed E-state index contributed by atoms with van der Waals surface area (Å²) in [6.07, 6.45) is 9.50. The zero-order chi connectivity index (χ0) is 26.1. The minimum Gasteiger partial charge on any atom is -0.473 e. The Balaban J connectivity index is 0.000000425. The Hall–Kier alpha value is -3.73. The van der Waals surface area contributed by atoms with Gasteiger partial charge in [0.2, 0.25) is 0 Å². The molecule has 11 heteroatoms. The molecule has 3 rings (SSSR count). The number of hydrogen-bond acceptors (Lipinski definition) is 7. The standard InChI is InChI=1S/C20H29N3.2C2H2O4/c1(2-7-15-23-16-8-3-9-17-23)6-14-21-20-13-12-18-10-4-5-11-19(18)22-20;2*3-1(4)2(5)6/h4-5,10-13H,1-3,6-9,14-17H2,(H,21,22);2*(H,3,4)(H,5,6). The molecule has 1 aliphatic heterocycles. The van der Waals surface area contributed by atoms with E-state index in [4.69, 9.17) is 39.6 Å². The summed E-state index contributed by atoms with van der Waals surface area (Å²) in [5, 5.41) is 34.2. The number of piperidine rings is 1. The van der Waals surface area contributed by atoms with Gasteiger partial charge in [0.25, 0.3) is 0 Å². The van der Waals surface area contributed by atoms with Crippen LogP contribution < -0.4 is 5.32 Å². The molecule has 192 valence electrons. The summed E-state index contributed by atoms with van der Waals surface area (Å²) in [6, 6.07) is 12.5. The molecular weight excluding hydrogens is 458 g/mol. The molecular formula is C24H33N3O8. The molecule has 0 unspecified atom stereocenters. The molecule has 0 radical (unpaired) electrons. The molecule has 2 heterocycles. The quantitative estimate of drug-likeness (QED) is 0.271. The van der Waals surface area contributed by atoms with Crippen LogP contribution in [0.3, 0.4) is 0 Å². The third-order valence-electron chi connectivity index (χ3n) is 5.12. The molecule has 1 aromatic heterocycles. The molecule has 0 amide bonds. The fourth-order valence-corrected chi connectivity index (χ4v) is 3.38. The minimum atomic E-state index is -1.82. The highest BCUT2D eigenvalue weighted by molar-refractivity contribution is 6.27. The highest BCUT2D eigenvalue weighted by Crippen LogP contribution is 2.15. The lowest BCUT2D eigenvalue weighted by Gasteiger charge is -2.26. The average Bonchev–Trinajstić information content (AvgIpc) is 2.84. The lowest BCUT2D eigenvalue weighted by molar-refractivity contribution is -0.159. The van der Waals surface area contributed by atoms with Crippen LogP contribution >= 0.6 is 0 Å². The van der Waals surface area contributed by atoms with E-state index in [1.165, 1.54) is 70.0 Å². The summed E-state index contributed by atoms with van der Waals surface area (Å²) in [4.78, 5) is 43.7. The third-order valence-corrected chi connectivity index (χ3v) is 5.12. The third kappa shape index (κ3) is 13.5. The molecule has 1 fully saturated rings. The van der Waals surface area contributed by atoms with Crippen molar-refractivity contribution < 1.29 is 39.6 Å². The van der Waals surface area contributed by atoms with Crippen molar-refractivity contribution in [1.82, 2.24) is 9.88 Å². The second-order valence-electron chi connectivity index (χ2n) is 7.85. The Labute approximate surface area is 203 Å². The molecule has 0 spiro atoms. The van der Waals surface area contributed by atoms with Crippen molar-refractivity contribution >= 4 is 40.6 Å². The Morgan fingerprint density at radius 2 is 1.31 bits per heavy atom. The van der Waals surface area contributed by atoms with E-state index in [0.29, 0.717) is 0 Å². The first-order valence-corrected chi connectivity index (χ1v) is 11.4. The molecule has 1 aromatic carbocycles. The summed E-state index contributed by atoms with van der Waals surface area (Å²) < 4.78 is 0. The predicted molar refractivity (Wildman–Crippen MR) is 130 cm³/mol. The number of unbranched alkanes of at least 4 members (excludes halogenated alkanes) is 3. The Bertz CT molecular complexity index is 913. The highest BCUT2D eigenvalue weighted by Gasteiger charge is 2.08. The zero-order valence-electron chi connectivity index (χ0n) is 19.6. The summed E-state index contributed by atoms with van der Waals surface area (Å²) in [7, 11) is 0. The number of fused-ring (bicyclic) bond motifs is 1. The SMILES string of the molecule is O=C(O)C(=O)O.O=C(O)C(=O)O.c1ccc2nc(NCCCCCCN3CCCCC3)ccc2c1. The molecule has 0 aliphatic carbocycles. The molecule has 35 heavy (non-hydrogen) atoms. The first-order valence-electron chi connectivity index (χ1n) is 11.4. The van der Waals surface area contributed by atoms with E-state index in [1.807, 2.05) is 6.07 Å². The number of rotatable bonds is 8. The minimum absolute atomic E-state index is 0.997. The molecule has 11 nitrogen and oxygen atoms in total. The second kappa shape index (κ2) is 16.8. The monoisotopic (exact) mass is 491 g/mol. The molecule has 5 N–H and O–H groups in total. The smallest absolute Gasteiger partial charge is 0.414 e. The Morgan fingerprint density at radius 1 is 0.743 bits per heavy atom. The van der Waals surface area contributed by atoms with Crippen LogP contribution in [0.4, 0.5) is 5.82 Å². The van der Waals surface area contributed by atoms with Crippen molar-refractivity contribution in [3.05, 3.63) is 36.4 Å². The Morgan fingerprint density at radius 3 is 1.91 bits per heavy atom. The number of aliphatic carboxylic acids is 4. The molecule has 0 bridgehead atoms. The van der Waals surface area contributed by atoms with Gasteiger partial charge in [-0.2, -0.15) is 0 Å². The lowest BCUT2D eigenvalue weighted by Crippen LogP contribution is -2.30. The van der Waals surface area contributed by atoms with Crippen LogP contribution in [0.15, 0.2) is 36.4 Å². The van der Waals surface area contributed by atoms with Crippen LogP contribution in [0.25, 0.3) is 10.9 Å². The summed E-state index contributed by atoms with van der Waals surface area (Å²) in [5.41, 5.74) is 1.07. The van der Waals surface area contributed by atoms with Crippen LogP contribution in [0.1, 0.15) is 44.9 Å². The molecule has 2 aromatic rings. The van der Waals surface area contributed by atoms with Gasteiger partial charge < -0.3 is 30.6 Å². The van der Waals surface area contributed by atoms with Gasteiger partial charge in [-0.25, -0.2) is 24.2 Å². The van der Waals surface area contributed by atoms with E-state index >= 15 is 0 Å². The highest BCUT2D eigenvalue weighted by atomic mass is 16.4.